The van der Waals surface area contributed by atoms with Gasteiger partial charge in [0.15, 0.2) is 0 Å². The van der Waals surface area contributed by atoms with Gasteiger partial charge in [0.1, 0.15) is 0 Å². The van der Waals surface area contributed by atoms with Crippen molar-refractivity contribution in [1.82, 2.24) is 0 Å². The van der Waals surface area contributed by atoms with Gasteiger partial charge in [-0.05, 0) is 6.04 Å². The Morgan fingerprint density at radius 2 is 1.67 bits per heavy atom. The second kappa shape index (κ2) is 14.0. The van der Waals surface area contributed by atoms with Crippen LogP contribution in [-0.4, -0.2) is 10.2 Å². The maximum atomic E-state index is 3.19. The average molecular weight is 422 g/mol. The molecule has 0 aliphatic heterocycles. The molecule has 2 radical (unpaired) electrons. The first-order chi connectivity index (χ1) is 7.24. The average Bonchev–Trinajstić information content (AvgIpc) is 2.65. The quantitative estimate of drug-likeness (QED) is 0.333. The molecule has 0 saturated carbocycles. The van der Waals surface area contributed by atoms with Crippen LogP contribution in [0.25, 0.3) is 0 Å². The molecule has 0 heterocycles. The first-order valence-corrected chi connectivity index (χ1v) is 6.31. The zero-order chi connectivity index (χ0) is 11.1. The van der Waals surface area contributed by atoms with Crippen molar-refractivity contribution in [2.75, 3.05) is 0 Å². The smallest absolute Gasteiger partial charge is 1.00 e. The second-order valence-corrected chi connectivity index (χ2v) is 4.13. The summed E-state index contributed by atoms with van der Waals surface area (Å²) in [6.45, 7) is 4.22. The van der Waals surface area contributed by atoms with E-state index in [1.54, 1.807) is 0 Å². The SMILES string of the molecule is CC1=[C-]CC=C1C.[Br-].[Br-].[SiH2]Cc1ccccc1.[Ti+3]. The van der Waals surface area contributed by atoms with Crippen LogP contribution in [0, 0.1) is 6.08 Å². The van der Waals surface area contributed by atoms with Crippen LogP contribution in [-0.2, 0) is 27.8 Å². The number of benzene rings is 1. The maximum absolute atomic E-state index is 3.19. The summed E-state index contributed by atoms with van der Waals surface area (Å²) in [5.74, 6) is 0. The molecule has 1 aromatic rings. The van der Waals surface area contributed by atoms with Crippen molar-refractivity contribution in [3.05, 3.63) is 59.2 Å². The fraction of sp³-hybridized carbons (Fsp3) is 0.286. The van der Waals surface area contributed by atoms with E-state index in [1.165, 1.54) is 22.8 Å². The van der Waals surface area contributed by atoms with Crippen molar-refractivity contribution < 1.29 is 55.7 Å². The van der Waals surface area contributed by atoms with E-state index in [1.807, 2.05) is 16.3 Å². The third-order valence-corrected chi connectivity index (χ3v) is 3.08. The van der Waals surface area contributed by atoms with E-state index >= 15 is 0 Å². The van der Waals surface area contributed by atoms with Crippen LogP contribution in [0.3, 0.4) is 0 Å². The summed E-state index contributed by atoms with van der Waals surface area (Å²) in [4.78, 5) is 0. The normalized spacial score (nSPS) is 11.5. The van der Waals surface area contributed by atoms with Crippen LogP contribution in [0.5, 0.6) is 0 Å². The van der Waals surface area contributed by atoms with E-state index < -0.39 is 0 Å². The summed E-state index contributed by atoms with van der Waals surface area (Å²) in [6, 6.07) is 11.6. The maximum Gasteiger partial charge on any atom is 3.00 e. The second-order valence-electron chi connectivity index (χ2n) is 3.63. The minimum Gasteiger partial charge on any atom is -1.00 e. The molecular weight excluding hydrogens is 404 g/mol. The Morgan fingerprint density at radius 1 is 1.11 bits per heavy atom. The summed E-state index contributed by atoms with van der Waals surface area (Å²) in [5, 5.41) is 0. The Labute approximate surface area is 150 Å². The molecule has 2 rings (SSSR count). The standard InChI is InChI=1S/C7H9Si.C7H9.2BrH.Ti/c8-6-7-4-2-1-3-5-7;1-6-4-3-5-7(6)2;;;/h1-5H,6,8H2;4H,3H2,1-2H3;2*1H;/q;-1;;;+3/p-2. The molecule has 1 aliphatic carbocycles. The van der Waals surface area contributed by atoms with Crippen LogP contribution in [0.2, 0.25) is 0 Å². The molecule has 0 bridgehead atoms. The monoisotopic (exact) mass is 420 g/mol. The van der Waals surface area contributed by atoms with Gasteiger partial charge in [-0.3, -0.25) is 6.08 Å². The Hall–Kier alpha value is 0.591. The molecular formula is C14H18Br2SiTi. The number of rotatable bonds is 1. The van der Waals surface area contributed by atoms with Crippen LogP contribution >= 0.6 is 0 Å². The molecule has 0 spiro atoms. The van der Waals surface area contributed by atoms with Gasteiger partial charge < -0.3 is 34.0 Å². The molecule has 18 heavy (non-hydrogen) atoms. The van der Waals surface area contributed by atoms with Gasteiger partial charge in [-0.2, -0.15) is 6.08 Å². The van der Waals surface area contributed by atoms with Crippen molar-refractivity contribution in [2.45, 2.75) is 26.3 Å². The van der Waals surface area contributed by atoms with Gasteiger partial charge in [-0.15, -0.1) is 13.3 Å². The van der Waals surface area contributed by atoms with Crippen LogP contribution in [0.4, 0.5) is 0 Å². The van der Waals surface area contributed by atoms with Gasteiger partial charge in [-0.1, -0.05) is 42.8 Å². The Bertz CT molecular complexity index is 345. The van der Waals surface area contributed by atoms with Crippen molar-refractivity contribution in [1.29, 1.82) is 0 Å². The molecule has 0 N–H and O–H groups in total. The van der Waals surface area contributed by atoms with Crippen molar-refractivity contribution >= 4 is 10.2 Å². The van der Waals surface area contributed by atoms with Gasteiger partial charge in [0.05, 0.1) is 0 Å². The van der Waals surface area contributed by atoms with Gasteiger partial charge in [0.25, 0.3) is 0 Å². The number of allylic oxidation sites excluding steroid dienone is 4. The van der Waals surface area contributed by atoms with E-state index in [-0.39, 0.29) is 55.7 Å². The molecule has 0 atom stereocenters. The van der Waals surface area contributed by atoms with E-state index in [9.17, 15) is 0 Å². The van der Waals surface area contributed by atoms with Crippen LogP contribution < -0.4 is 34.0 Å². The zero-order valence-corrected chi connectivity index (χ0v) is 17.0. The Kier molecular flexibility index (Phi) is 18.4. The molecule has 0 unspecified atom stereocenters. The number of hydrogen-bond donors (Lipinski definition) is 0. The Balaban J connectivity index is -0.000000215. The zero-order valence-electron chi connectivity index (χ0n) is 10.8. The first kappa shape index (κ1) is 23.7. The molecule has 1 aliphatic rings. The van der Waals surface area contributed by atoms with Gasteiger partial charge in [0.2, 0.25) is 0 Å². The van der Waals surface area contributed by atoms with E-state index in [4.69, 9.17) is 0 Å². The molecule has 0 aromatic heterocycles. The minimum absolute atomic E-state index is 0. The van der Waals surface area contributed by atoms with Crippen LogP contribution in [0.1, 0.15) is 25.8 Å². The molecule has 0 fully saturated rings. The summed E-state index contributed by atoms with van der Waals surface area (Å²) >= 11 is 0. The molecule has 4 heteroatoms. The van der Waals surface area contributed by atoms with Gasteiger partial charge in [0, 0.05) is 10.2 Å². The predicted molar refractivity (Wildman–Crippen MR) is 69.5 cm³/mol. The third kappa shape index (κ3) is 9.51. The summed E-state index contributed by atoms with van der Waals surface area (Å²) < 4.78 is 0. The largest absolute Gasteiger partial charge is 3.00 e. The third-order valence-electron chi connectivity index (χ3n) is 2.50. The van der Waals surface area contributed by atoms with Crippen LogP contribution in [0.15, 0.2) is 47.6 Å². The summed E-state index contributed by atoms with van der Waals surface area (Å²) in [6.07, 6.45) is 6.41. The van der Waals surface area contributed by atoms with Gasteiger partial charge in [-0.25, -0.2) is 11.1 Å². The van der Waals surface area contributed by atoms with E-state index in [2.05, 4.69) is 50.3 Å². The Morgan fingerprint density at radius 3 is 1.89 bits per heavy atom. The molecule has 1 aromatic carbocycles. The van der Waals surface area contributed by atoms with E-state index in [0.29, 0.717) is 0 Å². The number of halogens is 2. The topological polar surface area (TPSA) is 0 Å². The first-order valence-electron chi connectivity index (χ1n) is 5.31. The molecule has 0 saturated heterocycles. The van der Waals surface area contributed by atoms with Crippen molar-refractivity contribution in [2.24, 2.45) is 0 Å². The van der Waals surface area contributed by atoms with Crippen molar-refractivity contribution in [3.8, 4) is 0 Å². The van der Waals surface area contributed by atoms with Gasteiger partial charge >= 0.3 is 21.7 Å². The minimum atomic E-state index is 0. The fourth-order valence-electron chi connectivity index (χ4n) is 1.29. The predicted octanol–water partition coefficient (Wildman–Crippen LogP) is -3.09. The summed E-state index contributed by atoms with van der Waals surface area (Å²) in [5.41, 5.74) is 4.13. The van der Waals surface area contributed by atoms with Crippen molar-refractivity contribution in [3.63, 3.8) is 0 Å². The molecule has 0 nitrogen and oxygen atoms in total. The molecule has 0 amide bonds. The van der Waals surface area contributed by atoms with E-state index in [0.717, 1.165) is 6.42 Å². The summed E-state index contributed by atoms with van der Waals surface area (Å²) in [7, 11) is 1.98. The molecule has 96 valence electrons. The fourth-order valence-corrected chi connectivity index (χ4v) is 1.63. The number of hydrogen-bond acceptors (Lipinski definition) is 0.